The zero-order chi connectivity index (χ0) is 17.6. The Kier molecular flexibility index (Phi) is 4.29. The summed E-state index contributed by atoms with van der Waals surface area (Å²) < 4.78 is 0. The van der Waals surface area contributed by atoms with Crippen molar-refractivity contribution in [3.8, 4) is 0 Å². The van der Waals surface area contributed by atoms with E-state index in [4.69, 9.17) is 0 Å². The number of carbonyl (C=O) groups is 1. The van der Waals surface area contributed by atoms with Crippen molar-refractivity contribution in [2.24, 2.45) is 21.3 Å². The Morgan fingerprint density at radius 1 is 1.29 bits per heavy atom. The molecule has 2 aliphatic carbocycles. The molecule has 2 N–H and O–H groups in total. The molecule has 3 rings (SSSR count). The van der Waals surface area contributed by atoms with Gasteiger partial charge in [0, 0.05) is 4.90 Å². The van der Waals surface area contributed by atoms with Crippen LogP contribution in [-0.2, 0) is 4.79 Å². The normalized spacial score (nSPS) is 34.0. The van der Waals surface area contributed by atoms with Crippen LogP contribution in [0.4, 0.5) is 0 Å². The molecule has 4 nitrogen and oxygen atoms in total. The van der Waals surface area contributed by atoms with Crippen molar-refractivity contribution < 1.29 is 9.90 Å². The predicted octanol–water partition coefficient (Wildman–Crippen LogP) is 3.44. The summed E-state index contributed by atoms with van der Waals surface area (Å²) in [4.78, 5) is 14.1. The van der Waals surface area contributed by atoms with Gasteiger partial charge in [-0.05, 0) is 54.0 Å². The van der Waals surface area contributed by atoms with E-state index in [2.05, 4.69) is 31.3 Å². The van der Waals surface area contributed by atoms with Gasteiger partial charge in [0.25, 0.3) is 0 Å². The standard InChI is InChI=1S/C19H26N2O2S/c1-17(2)18(3)9-10-19(17,11-15(18)22)16(23)21-20-12-13-5-7-14(24-4)8-6-13/h5-8,12,15,22H,9-11H2,1-4H3,(H,21,23). The number of thioether (sulfide) groups is 1. The molecule has 0 saturated heterocycles. The molecule has 2 saturated carbocycles. The highest BCUT2D eigenvalue weighted by atomic mass is 32.2. The van der Waals surface area contributed by atoms with Gasteiger partial charge in [-0.15, -0.1) is 11.8 Å². The molecular formula is C19H26N2O2S. The second kappa shape index (κ2) is 5.88. The van der Waals surface area contributed by atoms with Gasteiger partial charge in [-0.3, -0.25) is 4.79 Å². The zero-order valence-corrected chi connectivity index (χ0v) is 15.6. The van der Waals surface area contributed by atoms with Crippen molar-refractivity contribution in [1.82, 2.24) is 5.43 Å². The lowest BCUT2D eigenvalue weighted by atomic mass is 9.64. The average molecular weight is 346 g/mol. The topological polar surface area (TPSA) is 61.7 Å². The monoisotopic (exact) mass is 346 g/mol. The fourth-order valence-electron chi connectivity index (χ4n) is 4.59. The number of nitrogens with zero attached hydrogens (tertiary/aromatic N) is 1. The van der Waals surface area contributed by atoms with Crippen LogP contribution in [0.5, 0.6) is 0 Å². The second-order valence-electron chi connectivity index (χ2n) is 7.82. The first-order valence-corrected chi connectivity index (χ1v) is 9.65. The van der Waals surface area contributed by atoms with E-state index in [9.17, 15) is 9.90 Å². The minimum absolute atomic E-state index is 0.0650. The SMILES string of the molecule is CSc1ccc(C=NNC(=O)C23CCC(C)(C(O)C2)C3(C)C)cc1. The first-order valence-electron chi connectivity index (χ1n) is 8.42. The van der Waals surface area contributed by atoms with Crippen LogP contribution in [0, 0.1) is 16.2 Å². The number of nitrogens with one attached hydrogen (secondary N) is 1. The van der Waals surface area contributed by atoms with Crippen molar-refractivity contribution in [3.05, 3.63) is 29.8 Å². The van der Waals surface area contributed by atoms with Crippen LogP contribution in [-0.4, -0.2) is 29.6 Å². The lowest BCUT2D eigenvalue weighted by Crippen LogP contribution is -2.45. The van der Waals surface area contributed by atoms with Crippen LogP contribution >= 0.6 is 11.8 Å². The summed E-state index contributed by atoms with van der Waals surface area (Å²) in [5, 5.41) is 14.6. The summed E-state index contributed by atoms with van der Waals surface area (Å²) in [6, 6.07) is 8.03. The maximum absolute atomic E-state index is 12.9. The van der Waals surface area contributed by atoms with E-state index in [1.54, 1.807) is 18.0 Å². The molecule has 0 heterocycles. The number of hydrogen-bond acceptors (Lipinski definition) is 4. The molecule has 130 valence electrons. The Morgan fingerprint density at radius 3 is 2.46 bits per heavy atom. The Bertz CT molecular complexity index is 670. The summed E-state index contributed by atoms with van der Waals surface area (Å²) >= 11 is 1.69. The van der Waals surface area contributed by atoms with E-state index in [0.29, 0.717) is 6.42 Å². The molecule has 1 aromatic carbocycles. The molecule has 1 amide bonds. The Balaban J connectivity index is 1.72. The Labute approximate surface area is 148 Å². The lowest BCUT2D eigenvalue weighted by molar-refractivity contribution is -0.136. The number of aliphatic hydroxyl groups is 1. The molecule has 2 bridgehead atoms. The molecule has 0 aliphatic heterocycles. The number of benzene rings is 1. The lowest BCUT2D eigenvalue weighted by Gasteiger charge is -2.39. The zero-order valence-electron chi connectivity index (χ0n) is 14.8. The summed E-state index contributed by atoms with van der Waals surface area (Å²) in [6.45, 7) is 6.33. The smallest absolute Gasteiger partial charge is 0.246 e. The van der Waals surface area contributed by atoms with Crippen LogP contribution in [0.1, 0.15) is 45.6 Å². The highest BCUT2D eigenvalue weighted by Crippen LogP contribution is 2.72. The number of fused-ring (bicyclic) bond motifs is 2. The summed E-state index contributed by atoms with van der Waals surface area (Å²) in [5.41, 5.74) is 2.72. The van der Waals surface area contributed by atoms with Crippen molar-refractivity contribution in [2.45, 2.75) is 51.0 Å². The molecule has 3 unspecified atom stereocenters. The van der Waals surface area contributed by atoms with E-state index in [1.165, 1.54) is 4.90 Å². The van der Waals surface area contributed by atoms with Gasteiger partial charge in [-0.25, -0.2) is 5.43 Å². The maximum Gasteiger partial charge on any atom is 0.246 e. The van der Waals surface area contributed by atoms with Crippen LogP contribution in [0.3, 0.4) is 0 Å². The molecular weight excluding hydrogens is 320 g/mol. The molecule has 2 fully saturated rings. The molecule has 0 spiro atoms. The van der Waals surface area contributed by atoms with Gasteiger partial charge in [-0.2, -0.15) is 5.10 Å². The number of aliphatic hydroxyl groups excluding tert-OH is 1. The van der Waals surface area contributed by atoms with Gasteiger partial charge in [0.05, 0.1) is 17.7 Å². The minimum Gasteiger partial charge on any atom is -0.393 e. The summed E-state index contributed by atoms with van der Waals surface area (Å²) in [6.07, 6.45) is 5.52. The van der Waals surface area contributed by atoms with Crippen molar-refractivity contribution in [1.29, 1.82) is 0 Å². The van der Waals surface area contributed by atoms with Crippen molar-refractivity contribution >= 4 is 23.9 Å². The molecule has 0 aromatic heterocycles. The van der Waals surface area contributed by atoms with E-state index in [-0.39, 0.29) is 16.7 Å². The molecule has 5 heteroatoms. The third kappa shape index (κ3) is 2.32. The molecule has 2 aliphatic rings. The minimum atomic E-state index is -0.527. The third-order valence-electron chi connectivity index (χ3n) is 6.90. The van der Waals surface area contributed by atoms with Gasteiger partial charge in [0.15, 0.2) is 0 Å². The van der Waals surface area contributed by atoms with Gasteiger partial charge < -0.3 is 5.11 Å². The Hall–Kier alpha value is -1.33. The van der Waals surface area contributed by atoms with Crippen molar-refractivity contribution in [2.75, 3.05) is 6.26 Å². The number of hydrogen-bond donors (Lipinski definition) is 2. The summed E-state index contributed by atoms with van der Waals surface area (Å²) in [7, 11) is 0. The predicted molar refractivity (Wildman–Crippen MR) is 98.1 cm³/mol. The quantitative estimate of drug-likeness (QED) is 0.499. The van der Waals surface area contributed by atoms with Gasteiger partial charge in [-0.1, -0.05) is 32.9 Å². The van der Waals surface area contributed by atoms with Gasteiger partial charge >= 0.3 is 0 Å². The first-order chi connectivity index (χ1) is 11.3. The molecule has 3 atom stereocenters. The fraction of sp³-hybridized carbons (Fsp3) is 0.579. The number of hydrazone groups is 1. The summed E-state index contributed by atoms with van der Waals surface area (Å²) in [5.74, 6) is -0.0650. The second-order valence-corrected chi connectivity index (χ2v) is 8.70. The van der Waals surface area contributed by atoms with Crippen molar-refractivity contribution in [3.63, 3.8) is 0 Å². The first kappa shape index (κ1) is 17.5. The number of rotatable bonds is 4. The molecule has 24 heavy (non-hydrogen) atoms. The van der Waals surface area contributed by atoms with Crippen LogP contribution in [0.2, 0.25) is 0 Å². The largest absolute Gasteiger partial charge is 0.393 e. The van der Waals surface area contributed by atoms with E-state index in [0.717, 1.165) is 18.4 Å². The van der Waals surface area contributed by atoms with Crippen LogP contribution in [0.15, 0.2) is 34.3 Å². The van der Waals surface area contributed by atoms with E-state index < -0.39 is 11.5 Å². The number of carbonyl (C=O) groups excluding carboxylic acids is 1. The molecule has 0 radical (unpaired) electrons. The van der Waals surface area contributed by atoms with E-state index in [1.807, 2.05) is 30.5 Å². The van der Waals surface area contributed by atoms with Crippen LogP contribution < -0.4 is 5.43 Å². The highest BCUT2D eigenvalue weighted by Gasteiger charge is 2.72. The maximum atomic E-state index is 12.9. The van der Waals surface area contributed by atoms with Gasteiger partial charge in [0.2, 0.25) is 5.91 Å². The molecule has 1 aromatic rings. The van der Waals surface area contributed by atoms with Gasteiger partial charge in [0.1, 0.15) is 0 Å². The van der Waals surface area contributed by atoms with Crippen LogP contribution in [0.25, 0.3) is 0 Å². The Morgan fingerprint density at radius 2 is 1.96 bits per heavy atom. The average Bonchev–Trinajstić information content (AvgIpc) is 2.86. The van der Waals surface area contributed by atoms with E-state index >= 15 is 0 Å². The number of amides is 1. The highest BCUT2D eigenvalue weighted by molar-refractivity contribution is 7.98. The fourth-order valence-corrected chi connectivity index (χ4v) is 5.00. The third-order valence-corrected chi connectivity index (χ3v) is 7.65.